The predicted octanol–water partition coefficient (Wildman–Crippen LogP) is 0.342. The number of aromatic nitrogens is 2. The van der Waals surface area contributed by atoms with E-state index in [1.807, 2.05) is 6.20 Å². The van der Waals surface area contributed by atoms with Crippen LogP contribution in [0.5, 0.6) is 0 Å². The van der Waals surface area contributed by atoms with Gasteiger partial charge in [0.2, 0.25) is 5.91 Å². The average molecular weight is 305 g/mol. The van der Waals surface area contributed by atoms with E-state index in [1.165, 1.54) is 0 Å². The lowest BCUT2D eigenvalue weighted by Crippen LogP contribution is -2.50. The van der Waals surface area contributed by atoms with Crippen LogP contribution < -0.4 is 5.32 Å². The van der Waals surface area contributed by atoms with E-state index in [9.17, 15) is 4.79 Å². The Balaban J connectivity index is 1.35. The number of hydrogen-bond donors (Lipinski definition) is 1. The second-order valence-electron chi connectivity index (χ2n) is 6.35. The van der Waals surface area contributed by atoms with Gasteiger partial charge in [0.25, 0.3) is 0 Å². The topological polar surface area (TPSA) is 53.4 Å². The minimum absolute atomic E-state index is 0.196. The Morgan fingerprint density at radius 1 is 1.23 bits per heavy atom. The summed E-state index contributed by atoms with van der Waals surface area (Å²) in [4.78, 5) is 20.9. The Morgan fingerprint density at radius 2 is 1.95 bits per heavy atom. The van der Waals surface area contributed by atoms with E-state index in [1.54, 1.807) is 0 Å². The van der Waals surface area contributed by atoms with Gasteiger partial charge in [0, 0.05) is 64.1 Å². The van der Waals surface area contributed by atoms with Crippen LogP contribution in [0, 0.1) is 0 Å². The van der Waals surface area contributed by atoms with Crippen molar-refractivity contribution in [3.05, 3.63) is 18.2 Å². The second kappa shape index (κ2) is 7.24. The Morgan fingerprint density at radius 3 is 2.64 bits per heavy atom. The number of aryl methyl sites for hydroxylation is 1. The minimum Gasteiger partial charge on any atom is -0.352 e. The van der Waals surface area contributed by atoms with Crippen molar-refractivity contribution in [3.63, 3.8) is 0 Å². The molecule has 2 heterocycles. The summed E-state index contributed by atoms with van der Waals surface area (Å²) in [5.74, 6) is 1.36. The summed E-state index contributed by atoms with van der Waals surface area (Å²) >= 11 is 0. The van der Waals surface area contributed by atoms with Gasteiger partial charge in [0.15, 0.2) is 0 Å². The van der Waals surface area contributed by atoms with Gasteiger partial charge in [0.05, 0.1) is 6.54 Å². The van der Waals surface area contributed by atoms with Gasteiger partial charge in [-0.2, -0.15) is 0 Å². The van der Waals surface area contributed by atoms with E-state index in [-0.39, 0.29) is 5.91 Å². The van der Waals surface area contributed by atoms with Crippen LogP contribution in [-0.4, -0.2) is 70.6 Å². The Labute approximate surface area is 132 Å². The molecule has 22 heavy (non-hydrogen) atoms. The molecule has 0 atom stereocenters. The van der Waals surface area contributed by atoms with Crippen molar-refractivity contribution < 1.29 is 4.79 Å². The monoisotopic (exact) mass is 305 g/mol. The van der Waals surface area contributed by atoms with Crippen molar-refractivity contribution in [3.8, 4) is 0 Å². The molecule has 1 aliphatic carbocycles. The van der Waals surface area contributed by atoms with E-state index < -0.39 is 0 Å². The zero-order valence-electron chi connectivity index (χ0n) is 13.5. The standard InChI is InChI=1S/C16H27N5O/c1-2-15-17-5-6-21(15)12-11-19-7-9-20(10-8-19)13-16(22)18-14-3-4-14/h5-6,14H,2-4,7-13H2,1H3,(H,18,22). The number of nitrogens with zero attached hydrogens (tertiary/aromatic N) is 4. The number of carbonyl (C=O) groups is 1. The summed E-state index contributed by atoms with van der Waals surface area (Å²) in [5, 5.41) is 3.06. The summed E-state index contributed by atoms with van der Waals surface area (Å²) in [6.45, 7) is 8.85. The molecular formula is C16H27N5O. The molecule has 1 aliphatic heterocycles. The highest BCUT2D eigenvalue weighted by Gasteiger charge is 2.25. The molecule has 1 amide bonds. The first-order valence-corrected chi connectivity index (χ1v) is 8.48. The lowest BCUT2D eigenvalue weighted by atomic mass is 10.3. The van der Waals surface area contributed by atoms with Gasteiger partial charge < -0.3 is 9.88 Å². The molecule has 1 aromatic heterocycles. The highest BCUT2D eigenvalue weighted by molar-refractivity contribution is 5.78. The van der Waals surface area contributed by atoms with Gasteiger partial charge >= 0.3 is 0 Å². The van der Waals surface area contributed by atoms with Crippen LogP contribution in [0.4, 0.5) is 0 Å². The van der Waals surface area contributed by atoms with Crippen LogP contribution in [0.2, 0.25) is 0 Å². The van der Waals surface area contributed by atoms with Gasteiger partial charge in [-0.05, 0) is 12.8 Å². The SMILES string of the molecule is CCc1nccn1CCN1CCN(CC(=O)NC2CC2)CC1. The van der Waals surface area contributed by atoms with Gasteiger partial charge in [0.1, 0.15) is 5.82 Å². The van der Waals surface area contributed by atoms with Crippen molar-refractivity contribution in [2.45, 2.75) is 38.8 Å². The maximum Gasteiger partial charge on any atom is 0.234 e. The number of hydrogen-bond acceptors (Lipinski definition) is 4. The maximum atomic E-state index is 11.8. The van der Waals surface area contributed by atoms with Crippen LogP contribution in [0.3, 0.4) is 0 Å². The van der Waals surface area contributed by atoms with E-state index in [2.05, 4.69) is 37.8 Å². The van der Waals surface area contributed by atoms with E-state index >= 15 is 0 Å². The van der Waals surface area contributed by atoms with Crippen LogP contribution in [0.1, 0.15) is 25.6 Å². The van der Waals surface area contributed by atoms with Crippen LogP contribution in [0.25, 0.3) is 0 Å². The minimum atomic E-state index is 0.196. The third-order valence-electron chi connectivity index (χ3n) is 4.55. The number of carbonyl (C=O) groups excluding carboxylic acids is 1. The predicted molar refractivity (Wildman–Crippen MR) is 85.6 cm³/mol. The number of nitrogens with one attached hydrogen (secondary N) is 1. The first kappa shape index (κ1) is 15.5. The molecule has 1 saturated heterocycles. The summed E-state index contributed by atoms with van der Waals surface area (Å²) in [7, 11) is 0. The van der Waals surface area contributed by atoms with Gasteiger partial charge in [-0.25, -0.2) is 4.98 Å². The van der Waals surface area contributed by atoms with E-state index in [0.717, 1.165) is 64.4 Å². The fourth-order valence-electron chi connectivity index (χ4n) is 2.98. The summed E-state index contributed by atoms with van der Waals surface area (Å²) in [6, 6.07) is 0.469. The smallest absolute Gasteiger partial charge is 0.234 e. The van der Waals surface area contributed by atoms with Crippen molar-refractivity contribution >= 4 is 5.91 Å². The summed E-state index contributed by atoms with van der Waals surface area (Å²) in [6.07, 6.45) is 7.25. The van der Waals surface area contributed by atoms with Crippen LogP contribution >= 0.6 is 0 Å². The van der Waals surface area contributed by atoms with Crippen molar-refractivity contribution in [1.82, 2.24) is 24.7 Å². The molecule has 1 aromatic rings. The molecule has 1 saturated carbocycles. The lowest BCUT2D eigenvalue weighted by molar-refractivity contribution is -0.122. The van der Waals surface area contributed by atoms with Gasteiger partial charge in [-0.1, -0.05) is 6.92 Å². The molecule has 2 aliphatic rings. The fraction of sp³-hybridized carbons (Fsp3) is 0.750. The zero-order chi connectivity index (χ0) is 15.4. The average Bonchev–Trinajstić information content (AvgIpc) is 3.21. The largest absolute Gasteiger partial charge is 0.352 e. The van der Waals surface area contributed by atoms with Crippen molar-refractivity contribution in [2.24, 2.45) is 0 Å². The Bertz CT molecular complexity index is 488. The first-order valence-electron chi connectivity index (χ1n) is 8.48. The normalized spacial score (nSPS) is 20.2. The molecular weight excluding hydrogens is 278 g/mol. The van der Waals surface area contributed by atoms with Gasteiger partial charge in [-0.3, -0.25) is 14.6 Å². The second-order valence-corrected chi connectivity index (χ2v) is 6.35. The number of amides is 1. The fourth-order valence-corrected chi connectivity index (χ4v) is 2.98. The molecule has 0 spiro atoms. The molecule has 1 N–H and O–H groups in total. The number of imidazole rings is 1. The van der Waals surface area contributed by atoms with Gasteiger partial charge in [-0.15, -0.1) is 0 Å². The third-order valence-corrected chi connectivity index (χ3v) is 4.55. The van der Waals surface area contributed by atoms with Crippen molar-refractivity contribution in [2.75, 3.05) is 39.3 Å². The third kappa shape index (κ3) is 4.30. The first-order chi connectivity index (χ1) is 10.7. The van der Waals surface area contributed by atoms with Crippen molar-refractivity contribution in [1.29, 1.82) is 0 Å². The Hall–Kier alpha value is -1.40. The molecule has 0 bridgehead atoms. The zero-order valence-corrected chi connectivity index (χ0v) is 13.5. The molecule has 0 radical (unpaired) electrons. The molecule has 2 fully saturated rings. The molecule has 3 rings (SSSR count). The quantitative estimate of drug-likeness (QED) is 0.789. The molecule has 6 nitrogen and oxygen atoms in total. The maximum absolute atomic E-state index is 11.8. The molecule has 6 heteroatoms. The highest BCUT2D eigenvalue weighted by atomic mass is 16.2. The lowest BCUT2D eigenvalue weighted by Gasteiger charge is -2.34. The van der Waals surface area contributed by atoms with E-state index in [0.29, 0.717) is 12.6 Å². The molecule has 0 unspecified atom stereocenters. The number of rotatable bonds is 7. The summed E-state index contributed by atoms with van der Waals surface area (Å²) in [5.41, 5.74) is 0. The van der Waals surface area contributed by atoms with E-state index in [4.69, 9.17) is 0 Å². The Kier molecular flexibility index (Phi) is 5.10. The molecule has 122 valence electrons. The van der Waals surface area contributed by atoms with Crippen LogP contribution in [-0.2, 0) is 17.8 Å². The summed E-state index contributed by atoms with van der Waals surface area (Å²) < 4.78 is 2.25. The molecule has 0 aromatic carbocycles. The highest BCUT2D eigenvalue weighted by Crippen LogP contribution is 2.18. The van der Waals surface area contributed by atoms with Crippen LogP contribution in [0.15, 0.2) is 12.4 Å². The number of piperazine rings is 1.